The number of aliphatic hydroxyl groups is 1. The van der Waals surface area contributed by atoms with Crippen molar-refractivity contribution in [2.45, 2.75) is 58.5 Å². The maximum Gasteiger partial charge on any atom is 0.249 e. The zero-order valence-electron chi connectivity index (χ0n) is 20.8. The zero-order valence-corrected chi connectivity index (χ0v) is 20.8. The molecular formula is C26H40N4O3. The van der Waals surface area contributed by atoms with Crippen LogP contribution < -0.4 is 20.7 Å². The fourth-order valence-corrected chi connectivity index (χ4v) is 5.49. The summed E-state index contributed by atoms with van der Waals surface area (Å²) in [5, 5.41) is 12.7. The Morgan fingerprint density at radius 1 is 1.18 bits per heavy atom. The molecule has 182 valence electrons. The van der Waals surface area contributed by atoms with Crippen molar-refractivity contribution in [3.63, 3.8) is 0 Å². The van der Waals surface area contributed by atoms with Gasteiger partial charge in [0.1, 0.15) is 12.4 Å². The minimum Gasteiger partial charge on any atom is -0.490 e. The van der Waals surface area contributed by atoms with Gasteiger partial charge < -0.3 is 30.7 Å². The van der Waals surface area contributed by atoms with Crippen LogP contribution in [0.5, 0.6) is 5.75 Å². The summed E-state index contributed by atoms with van der Waals surface area (Å²) in [4.78, 5) is 17.6. The number of ether oxygens (including phenoxy) is 1. The van der Waals surface area contributed by atoms with E-state index in [1.165, 1.54) is 0 Å². The molecule has 0 aromatic heterocycles. The minimum absolute atomic E-state index is 0.1000. The Kier molecular flexibility index (Phi) is 8.43. The lowest BCUT2D eigenvalue weighted by Crippen LogP contribution is -2.43. The van der Waals surface area contributed by atoms with Crippen molar-refractivity contribution in [3.05, 3.63) is 40.6 Å². The van der Waals surface area contributed by atoms with Gasteiger partial charge in [0.05, 0.1) is 12.2 Å². The number of benzene rings is 1. The van der Waals surface area contributed by atoms with Crippen molar-refractivity contribution in [1.29, 1.82) is 0 Å². The molecule has 0 spiro atoms. The lowest BCUT2D eigenvalue weighted by molar-refractivity contribution is 0.0999. The molecule has 1 aromatic rings. The molecular weight excluding hydrogens is 416 g/mol. The standard InChI is InChI=1S/C26H40N4O3/c1-6-30(21-11-9-20(10-12-21)29(4)5)24-17(2)22(26(27)32)23(19-8-7-13-28-16-19)25(18(24)3)33-15-14-31/h7-8,13,20-21,28,31H,6,9-12,14-16H2,1-5H3,(H2,27,32). The summed E-state index contributed by atoms with van der Waals surface area (Å²) in [6.07, 6.45) is 10.3. The average molecular weight is 457 g/mol. The highest BCUT2D eigenvalue weighted by atomic mass is 16.5. The van der Waals surface area contributed by atoms with Gasteiger partial charge in [0, 0.05) is 42.0 Å². The fourth-order valence-electron chi connectivity index (χ4n) is 5.49. The van der Waals surface area contributed by atoms with E-state index in [2.05, 4.69) is 43.1 Å². The van der Waals surface area contributed by atoms with Crippen LogP contribution in [0, 0.1) is 13.8 Å². The van der Waals surface area contributed by atoms with E-state index in [0.29, 0.717) is 29.9 Å². The summed E-state index contributed by atoms with van der Waals surface area (Å²) in [6.45, 7) is 7.70. The van der Waals surface area contributed by atoms with Crippen LogP contribution in [0.2, 0.25) is 0 Å². The number of nitrogens with two attached hydrogens (primary N) is 1. The highest BCUT2D eigenvalue weighted by Crippen LogP contribution is 2.44. The Hall–Kier alpha value is -2.51. The number of nitrogens with zero attached hydrogens (tertiary/aromatic N) is 2. The van der Waals surface area contributed by atoms with Crippen LogP contribution in [-0.4, -0.2) is 68.4 Å². The van der Waals surface area contributed by atoms with Crippen molar-refractivity contribution >= 4 is 17.2 Å². The van der Waals surface area contributed by atoms with E-state index in [9.17, 15) is 9.90 Å². The highest BCUT2D eigenvalue weighted by Gasteiger charge is 2.32. The lowest BCUT2D eigenvalue weighted by atomic mass is 9.86. The molecule has 0 radical (unpaired) electrons. The van der Waals surface area contributed by atoms with E-state index < -0.39 is 5.91 Å². The molecule has 1 saturated carbocycles. The molecule has 7 heteroatoms. The summed E-state index contributed by atoms with van der Waals surface area (Å²) in [7, 11) is 4.31. The van der Waals surface area contributed by atoms with Crippen molar-refractivity contribution in [2.24, 2.45) is 5.73 Å². The van der Waals surface area contributed by atoms with E-state index in [1.54, 1.807) is 0 Å². The maximum atomic E-state index is 12.8. The molecule has 0 unspecified atom stereocenters. The van der Waals surface area contributed by atoms with E-state index in [0.717, 1.165) is 60.2 Å². The Balaban J connectivity index is 2.15. The van der Waals surface area contributed by atoms with Crippen molar-refractivity contribution in [2.75, 3.05) is 45.3 Å². The average Bonchev–Trinajstić information content (AvgIpc) is 2.81. The Morgan fingerprint density at radius 2 is 1.85 bits per heavy atom. The number of anilines is 1. The van der Waals surface area contributed by atoms with Crippen LogP contribution in [0.25, 0.3) is 5.57 Å². The number of hydrogen-bond acceptors (Lipinski definition) is 6. The number of hydrogen-bond donors (Lipinski definition) is 3. The predicted molar refractivity (Wildman–Crippen MR) is 135 cm³/mol. The third-order valence-electron chi connectivity index (χ3n) is 7.08. The number of allylic oxidation sites excluding steroid dienone is 2. The lowest BCUT2D eigenvalue weighted by Gasteiger charge is -2.41. The molecule has 7 nitrogen and oxygen atoms in total. The second-order valence-electron chi connectivity index (χ2n) is 9.26. The number of aliphatic hydroxyl groups excluding tert-OH is 1. The quantitative estimate of drug-likeness (QED) is 0.529. The summed E-state index contributed by atoms with van der Waals surface area (Å²) < 4.78 is 6.10. The smallest absolute Gasteiger partial charge is 0.249 e. The molecule has 0 bridgehead atoms. The van der Waals surface area contributed by atoms with Crippen LogP contribution in [0.15, 0.2) is 18.4 Å². The van der Waals surface area contributed by atoms with Gasteiger partial charge in [-0.05, 0) is 84.0 Å². The normalized spacial score (nSPS) is 20.4. The first kappa shape index (κ1) is 25.1. The number of primary amides is 1. The highest BCUT2D eigenvalue weighted by molar-refractivity contribution is 6.03. The summed E-state index contributed by atoms with van der Waals surface area (Å²) >= 11 is 0. The number of rotatable bonds is 9. The molecule has 1 aromatic carbocycles. The summed E-state index contributed by atoms with van der Waals surface area (Å²) in [5.74, 6) is 0.183. The number of carbonyl (C=O) groups excluding carboxylic acids is 1. The van der Waals surface area contributed by atoms with Gasteiger partial charge >= 0.3 is 0 Å². The monoisotopic (exact) mass is 456 g/mol. The molecule has 33 heavy (non-hydrogen) atoms. The Morgan fingerprint density at radius 3 is 2.36 bits per heavy atom. The van der Waals surface area contributed by atoms with Gasteiger partial charge in [0.15, 0.2) is 0 Å². The first-order chi connectivity index (χ1) is 15.8. The predicted octanol–water partition coefficient (Wildman–Crippen LogP) is 2.97. The first-order valence-corrected chi connectivity index (χ1v) is 12.0. The number of amides is 1. The molecule has 1 aliphatic carbocycles. The van der Waals surface area contributed by atoms with Gasteiger partial charge in [0.25, 0.3) is 0 Å². The third kappa shape index (κ3) is 5.20. The topological polar surface area (TPSA) is 91.1 Å². The van der Waals surface area contributed by atoms with E-state index in [-0.39, 0.29) is 13.2 Å². The van der Waals surface area contributed by atoms with Gasteiger partial charge in [-0.15, -0.1) is 0 Å². The zero-order chi connectivity index (χ0) is 24.1. The van der Waals surface area contributed by atoms with E-state index in [4.69, 9.17) is 10.5 Å². The summed E-state index contributed by atoms with van der Waals surface area (Å²) in [6, 6.07) is 1.02. The number of dihydropyridines is 1. The Labute approximate surface area is 198 Å². The molecule has 1 amide bonds. The van der Waals surface area contributed by atoms with Gasteiger partial charge in [-0.1, -0.05) is 6.08 Å². The van der Waals surface area contributed by atoms with E-state index >= 15 is 0 Å². The summed E-state index contributed by atoms with van der Waals surface area (Å²) in [5.41, 5.74) is 11.1. The molecule has 0 atom stereocenters. The van der Waals surface area contributed by atoms with Crippen molar-refractivity contribution in [3.8, 4) is 5.75 Å². The fraction of sp³-hybridized carbons (Fsp3) is 0.577. The third-order valence-corrected chi connectivity index (χ3v) is 7.08. The SMILES string of the molecule is CCN(c1c(C)c(OCCO)c(C2=CC=CNC2)c(C(N)=O)c1C)C1CCC(N(C)C)CC1. The van der Waals surface area contributed by atoms with Crippen LogP contribution in [-0.2, 0) is 0 Å². The second kappa shape index (κ2) is 11.1. The van der Waals surface area contributed by atoms with Gasteiger partial charge in [-0.25, -0.2) is 0 Å². The van der Waals surface area contributed by atoms with Crippen LogP contribution in [0.1, 0.15) is 59.7 Å². The van der Waals surface area contributed by atoms with Gasteiger partial charge in [-0.3, -0.25) is 4.79 Å². The van der Waals surface area contributed by atoms with Crippen molar-refractivity contribution in [1.82, 2.24) is 10.2 Å². The molecule has 0 saturated heterocycles. The number of carbonyl (C=O) groups is 1. The molecule has 3 rings (SSSR count). The molecule has 1 heterocycles. The Bertz CT molecular complexity index is 915. The van der Waals surface area contributed by atoms with Crippen LogP contribution in [0.4, 0.5) is 5.69 Å². The maximum absolute atomic E-state index is 12.8. The molecule has 2 aliphatic rings. The first-order valence-electron chi connectivity index (χ1n) is 12.0. The largest absolute Gasteiger partial charge is 0.490 e. The van der Waals surface area contributed by atoms with Crippen LogP contribution >= 0.6 is 0 Å². The van der Waals surface area contributed by atoms with Gasteiger partial charge in [0.2, 0.25) is 5.91 Å². The van der Waals surface area contributed by atoms with Gasteiger partial charge in [-0.2, -0.15) is 0 Å². The second-order valence-corrected chi connectivity index (χ2v) is 9.26. The van der Waals surface area contributed by atoms with Crippen LogP contribution in [0.3, 0.4) is 0 Å². The van der Waals surface area contributed by atoms with Crippen molar-refractivity contribution < 1.29 is 14.6 Å². The minimum atomic E-state index is -0.458. The molecule has 1 aliphatic heterocycles. The molecule has 1 fully saturated rings. The molecule has 4 N–H and O–H groups in total. The van der Waals surface area contributed by atoms with E-state index in [1.807, 2.05) is 25.3 Å². The number of nitrogens with one attached hydrogen (secondary N) is 1.